The number of anilines is 1. The molecule has 100 valence electrons. The minimum atomic E-state index is 1.03. The Morgan fingerprint density at radius 3 is 2.79 bits per heavy atom. The molecule has 1 aromatic heterocycles. The second-order valence-corrected chi connectivity index (χ2v) is 5.10. The average molecular weight is 256 g/mol. The molecule has 1 saturated heterocycles. The first-order valence-electron chi connectivity index (χ1n) is 6.91. The summed E-state index contributed by atoms with van der Waals surface area (Å²) in [6, 6.07) is 10.7. The Morgan fingerprint density at radius 2 is 1.95 bits per heavy atom. The molecule has 2 heterocycles. The number of aryl methyl sites for hydroxylation is 1. The van der Waals surface area contributed by atoms with E-state index >= 15 is 0 Å². The van der Waals surface area contributed by atoms with E-state index in [0.717, 1.165) is 37.7 Å². The molecule has 1 fully saturated rings. The van der Waals surface area contributed by atoms with Crippen molar-refractivity contribution in [2.45, 2.75) is 13.3 Å². The molecule has 0 amide bonds. The predicted octanol–water partition coefficient (Wildman–Crippen LogP) is 2.18. The zero-order chi connectivity index (χ0) is 13.1. The van der Waals surface area contributed by atoms with Gasteiger partial charge in [-0.3, -0.25) is 5.10 Å². The summed E-state index contributed by atoms with van der Waals surface area (Å²) in [6.45, 7) is 6.34. The molecule has 4 nitrogen and oxygen atoms in total. The third-order valence-corrected chi connectivity index (χ3v) is 3.59. The molecule has 0 atom stereocenters. The second kappa shape index (κ2) is 5.45. The third kappa shape index (κ3) is 2.79. The smallest absolute Gasteiger partial charge is 0.151 e. The average Bonchev–Trinajstić information content (AvgIpc) is 2.76. The fraction of sp³-hybridized carbons (Fsp3) is 0.400. The maximum atomic E-state index is 4.45. The lowest BCUT2D eigenvalue weighted by Gasteiger charge is -2.18. The Kier molecular flexibility index (Phi) is 3.51. The van der Waals surface area contributed by atoms with Crippen molar-refractivity contribution >= 4 is 5.82 Å². The van der Waals surface area contributed by atoms with Crippen LogP contribution in [0.4, 0.5) is 5.82 Å². The molecule has 3 rings (SSSR count). The summed E-state index contributed by atoms with van der Waals surface area (Å²) in [7, 11) is 0. The first-order valence-corrected chi connectivity index (χ1v) is 6.91. The molecule has 0 aliphatic carbocycles. The van der Waals surface area contributed by atoms with Crippen molar-refractivity contribution in [3.63, 3.8) is 0 Å². The Balaban J connectivity index is 1.80. The van der Waals surface area contributed by atoms with Crippen LogP contribution in [0.5, 0.6) is 0 Å². The van der Waals surface area contributed by atoms with Gasteiger partial charge < -0.3 is 10.2 Å². The van der Waals surface area contributed by atoms with Crippen LogP contribution >= 0.6 is 0 Å². The fourth-order valence-electron chi connectivity index (χ4n) is 2.43. The lowest BCUT2D eigenvalue weighted by atomic mass is 10.1. The van der Waals surface area contributed by atoms with Gasteiger partial charge in [-0.1, -0.05) is 29.8 Å². The standard InChI is InChI=1S/C15H20N4/c1-12-3-5-13(6-4-12)14-11-15(18-17-14)19-9-2-7-16-8-10-19/h3-6,11,16H,2,7-10H2,1H3,(H,17,18). The molecule has 0 spiro atoms. The summed E-state index contributed by atoms with van der Waals surface area (Å²) in [5, 5.41) is 11.0. The summed E-state index contributed by atoms with van der Waals surface area (Å²) >= 11 is 0. The van der Waals surface area contributed by atoms with E-state index in [1.165, 1.54) is 17.5 Å². The Morgan fingerprint density at radius 1 is 1.11 bits per heavy atom. The summed E-state index contributed by atoms with van der Waals surface area (Å²) in [6.07, 6.45) is 1.17. The highest BCUT2D eigenvalue weighted by Crippen LogP contribution is 2.22. The van der Waals surface area contributed by atoms with Crippen LogP contribution in [0.2, 0.25) is 0 Å². The molecule has 2 aromatic rings. The Hall–Kier alpha value is -1.81. The van der Waals surface area contributed by atoms with Crippen LogP contribution in [0.1, 0.15) is 12.0 Å². The highest BCUT2D eigenvalue weighted by molar-refractivity contribution is 5.63. The number of nitrogens with one attached hydrogen (secondary N) is 2. The van der Waals surface area contributed by atoms with Gasteiger partial charge in [0.25, 0.3) is 0 Å². The maximum absolute atomic E-state index is 4.45. The van der Waals surface area contributed by atoms with Crippen LogP contribution in [0.15, 0.2) is 30.3 Å². The van der Waals surface area contributed by atoms with Crippen molar-refractivity contribution in [3.8, 4) is 11.3 Å². The number of aromatic nitrogens is 2. The van der Waals surface area contributed by atoms with E-state index in [9.17, 15) is 0 Å². The van der Waals surface area contributed by atoms with E-state index in [2.05, 4.69) is 57.7 Å². The molecule has 0 bridgehead atoms. The van der Waals surface area contributed by atoms with Crippen molar-refractivity contribution in [3.05, 3.63) is 35.9 Å². The van der Waals surface area contributed by atoms with E-state index in [1.807, 2.05) is 0 Å². The SMILES string of the molecule is Cc1ccc(-c2cc(N3CCCNCC3)n[nH]2)cc1. The van der Waals surface area contributed by atoms with Gasteiger partial charge in [0, 0.05) is 25.7 Å². The van der Waals surface area contributed by atoms with Gasteiger partial charge in [-0.15, -0.1) is 0 Å². The lowest BCUT2D eigenvalue weighted by molar-refractivity contribution is 0.724. The van der Waals surface area contributed by atoms with Crippen LogP contribution in [0, 0.1) is 6.92 Å². The molecule has 2 N–H and O–H groups in total. The van der Waals surface area contributed by atoms with Crippen LogP contribution < -0.4 is 10.2 Å². The highest BCUT2D eigenvalue weighted by atomic mass is 15.3. The van der Waals surface area contributed by atoms with Gasteiger partial charge in [-0.2, -0.15) is 5.10 Å². The number of aromatic amines is 1. The third-order valence-electron chi connectivity index (χ3n) is 3.59. The number of benzene rings is 1. The molecular formula is C15H20N4. The zero-order valence-corrected chi connectivity index (χ0v) is 11.3. The van der Waals surface area contributed by atoms with Crippen molar-refractivity contribution < 1.29 is 0 Å². The number of nitrogens with zero attached hydrogens (tertiary/aromatic N) is 2. The molecule has 0 radical (unpaired) electrons. The second-order valence-electron chi connectivity index (χ2n) is 5.10. The summed E-state index contributed by atoms with van der Waals surface area (Å²) in [5.74, 6) is 1.05. The Bertz CT molecular complexity index is 521. The first kappa shape index (κ1) is 12.2. The molecule has 0 saturated carbocycles. The van der Waals surface area contributed by atoms with E-state index < -0.39 is 0 Å². The molecule has 4 heteroatoms. The van der Waals surface area contributed by atoms with Crippen LogP contribution in [0.3, 0.4) is 0 Å². The number of rotatable bonds is 2. The van der Waals surface area contributed by atoms with Crippen molar-refractivity contribution in [1.82, 2.24) is 15.5 Å². The minimum Gasteiger partial charge on any atom is -0.354 e. The monoisotopic (exact) mass is 256 g/mol. The highest BCUT2D eigenvalue weighted by Gasteiger charge is 2.13. The van der Waals surface area contributed by atoms with E-state index in [0.29, 0.717) is 0 Å². The van der Waals surface area contributed by atoms with Crippen molar-refractivity contribution in [2.75, 3.05) is 31.1 Å². The quantitative estimate of drug-likeness (QED) is 0.865. The zero-order valence-electron chi connectivity index (χ0n) is 11.3. The van der Waals surface area contributed by atoms with Gasteiger partial charge in [0.2, 0.25) is 0 Å². The van der Waals surface area contributed by atoms with E-state index in [4.69, 9.17) is 0 Å². The van der Waals surface area contributed by atoms with E-state index in [-0.39, 0.29) is 0 Å². The van der Waals surface area contributed by atoms with Crippen LogP contribution in [-0.4, -0.2) is 36.4 Å². The van der Waals surface area contributed by atoms with Crippen LogP contribution in [0.25, 0.3) is 11.3 Å². The van der Waals surface area contributed by atoms with Gasteiger partial charge in [-0.05, 0) is 25.5 Å². The normalized spacial score (nSPS) is 16.4. The molecular weight excluding hydrogens is 236 g/mol. The molecule has 1 aliphatic rings. The molecule has 1 aliphatic heterocycles. The number of H-pyrrole nitrogens is 1. The topological polar surface area (TPSA) is 44.0 Å². The molecule has 0 unspecified atom stereocenters. The maximum Gasteiger partial charge on any atom is 0.151 e. The fourth-order valence-corrected chi connectivity index (χ4v) is 2.43. The predicted molar refractivity (Wildman–Crippen MR) is 78.5 cm³/mol. The van der Waals surface area contributed by atoms with Gasteiger partial charge in [0.1, 0.15) is 0 Å². The van der Waals surface area contributed by atoms with Gasteiger partial charge in [-0.25, -0.2) is 0 Å². The largest absolute Gasteiger partial charge is 0.354 e. The van der Waals surface area contributed by atoms with Crippen molar-refractivity contribution in [2.24, 2.45) is 0 Å². The Labute approximate surface area is 113 Å². The van der Waals surface area contributed by atoms with Gasteiger partial charge in [0.05, 0.1) is 5.69 Å². The summed E-state index contributed by atoms with van der Waals surface area (Å²) in [5.41, 5.74) is 3.56. The van der Waals surface area contributed by atoms with E-state index in [1.54, 1.807) is 0 Å². The van der Waals surface area contributed by atoms with Gasteiger partial charge >= 0.3 is 0 Å². The van der Waals surface area contributed by atoms with Gasteiger partial charge in [0.15, 0.2) is 5.82 Å². The summed E-state index contributed by atoms with van der Waals surface area (Å²) in [4.78, 5) is 2.34. The first-order chi connectivity index (χ1) is 9.33. The van der Waals surface area contributed by atoms with Crippen molar-refractivity contribution in [1.29, 1.82) is 0 Å². The molecule has 19 heavy (non-hydrogen) atoms. The molecule has 1 aromatic carbocycles. The minimum absolute atomic E-state index is 1.03. The number of hydrogen-bond acceptors (Lipinski definition) is 3. The summed E-state index contributed by atoms with van der Waals surface area (Å²) < 4.78 is 0. The number of hydrogen-bond donors (Lipinski definition) is 2. The lowest BCUT2D eigenvalue weighted by Crippen LogP contribution is -2.28. The van der Waals surface area contributed by atoms with Crippen LogP contribution in [-0.2, 0) is 0 Å².